The van der Waals surface area contributed by atoms with Gasteiger partial charge in [0, 0.05) is 25.9 Å². The van der Waals surface area contributed by atoms with Crippen molar-refractivity contribution in [1.29, 1.82) is 0 Å². The molecule has 0 aliphatic heterocycles. The first-order chi connectivity index (χ1) is 6.86. The van der Waals surface area contributed by atoms with Crippen molar-refractivity contribution in [2.24, 2.45) is 0 Å². The molecule has 0 saturated carbocycles. The molecule has 1 aromatic heterocycles. The fraction of sp³-hybridized carbons (Fsp3) is 0.500. The Labute approximate surface area is 84.3 Å². The maximum atomic E-state index is 5.43. The summed E-state index contributed by atoms with van der Waals surface area (Å²) in [6, 6.07) is 3.70. The Bertz CT molecular complexity index is 266. The summed E-state index contributed by atoms with van der Waals surface area (Å²) in [5.41, 5.74) is 0. The summed E-state index contributed by atoms with van der Waals surface area (Å²) < 4.78 is 10.3. The number of anilines is 1. The molecule has 0 amide bonds. The van der Waals surface area contributed by atoms with E-state index in [-0.39, 0.29) is 0 Å². The van der Waals surface area contributed by atoms with Crippen LogP contribution in [0.1, 0.15) is 6.92 Å². The van der Waals surface area contributed by atoms with E-state index >= 15 is 0 Å². The van der Waals surface area contributed by atoms with E-state index in [4.69, 9.17) is 9.47 Å². The van der Waals surface area contributed by atoms with E-state index in [0.717, 1.165) is 18.1 Å². The zero-order chi connectivity index (χ0) is 10.2. The third-order valence-corrected chi connectivity index (χ3v) is 1.65. The molecule has 0 fully saturated rings. The fourth-order valence-electron chi connectivity index (χ4n) is 1.02. The van der Waals surface area contributed by atoms with Gasteiger partial charge in [0.05, 0.1) is 6.61 Å². The van der Waals surface area contributed by atoms with Gasteiger partial charge in [-0.05, 0) is 13.0 Å². The van der Waals surface area contributed by atoms with Crippen LogP contribution in [0.3, 0.4) is 0 Å². The van der Waals surface area contributed by atoms with Crippen LogP contribution in [-0.2, 0) is 4.74 Å². The lowest BCUT2D eigenvalue weighted by Gasteiger charge is -2.07. The summed E-state index contributed by atoms with van der Waals surface area (Å²) in [6.45, 7) is 4.04. The minimum atomic E-state index is 0.562. The van der Waals surface area contributed by atoms with Crippen molar-refractivity contribution >= 4 is 5.82 Å². The van der Waals surface area contributed by atoms with E-state index in [1.54, 1.807) is 13.3 Å². The van der Waals surface area contributed by atoms with E-state index in [2.05, 4.69) is 10.3 Å². The van der Waals surface area contributed by atoms with Crippen LogP contribution in [0, 0.1) is 0 Å². The van der Waals surface area contributed by atoms with Crippen molar-refractivity contribution in [2.45, 2.75) is 6.92 Å². The quantitative estimate of drug-likeness (QED) is 0.701. The van der Waals surface area contributed by atoms with Gasteiger partial charge in [-0.25, -0.2) is 4.98 Å². The number of hydrogen-bond acceptors (Lipinski definition) is 4. The van der Waals surface area contributed by atoms with Gasteiger partial charge in [0.1, 0.15) is 18.2 Å². The average Bonchev–Trinajstić information content (AvgIpc) is 2.19. The summed E-state index contributed by atoms with van der Waals surface area (Å²) >= 11 is 0. The molecule has 0 bridgehead atoms. The van der Waals surface area contributed by atoms with Crippen molar-refractivity contribution in [1.82, 2.24) is 4.98 Å². The number of nitrogens with zero attached hydrogens (tertiary/aromatic N) is 1. The normalized spacial score (nSPS) is 9.86. The molecular formula is C10H16N2O2. The van der Waals surface area contributed by atoms with Crippen LogP contribution in [0.15, 0.2) is 18.3 Å². The van der Waals surface area contributed by atoms with Gasteiger partial charge in [-0.2, -0.15) is 0 Å². The number of pyridine rings is 1. The van der Waals surface area contributed by atoms with Crippen molar-refractivity contribution in [3.8, 4) is 5.75 Å². The van der Waals surface area contributed by atoms with Crippen molar-refractivity contribution in [3.05, 3.63) is 18.3 Å². The Morgan fingerprint density at radius 2 is 2.29 bits per heavy atom. The lowest BCUT2D eigenvalue weighted by molar-refractivity contribution is 0.146. The zero-order valence-electron chi connectivity index (χ0n) is 8.62. The van der Waals surface area contributed by atoms with Crippen molar-refractivity contribution in [3.63, 3.8) is 0 Å². The van der Waals surface area contributed by atoms with Crippen LogP contribution in [0.4, 0.5) is 5.82 Å². The number of hydrogen-bond donors (Lipinski definition) is 1. The maximum absolute atomic E-state index is 5.43. The molecule has 0 spiro atoms. The molecule has 1 heterocycles. The topological polar surface area (TPSA) is 43.4 Å². The molecule has 1 N–H and O–H groups in total. The minimum absolute atomic E-state index is 0.562. The van der Waals surface area contributed by atoms with Gasteiger partial charge < -0.3 is 14.8 Å². The van der Waals surface area contributed by atoms with E-state index < -0.39 is 0 Å². The molecule has 0 unspecified atom stereocenters. The average molecular weight is 196 g/mol. The Balaban J connectivity index is 2.46. The van der Waals surface area contributed by atoms with Crippen molar-refractivity contribution in [2.75, 3.05) is 32.2 Å². The lowest BCUT2D eigenvalue weighted by Crippen LogP contribution is -2.05. The maximum Gasteiger partial charge on any atom is 0.129 e. The molecule has 0 saturated heterocycles. The van der Waals surface area contributed by atoms with E-state index in [1.807, 2.05) is 19.1 Å². The minimum Gasteiger partial charge on any atom is -0.491 e. The second kappa shape index (κ2) is 6.21. The van der Waals surface area contributed by atoms with Gasteiger partial charge in [0.15, 0.2) is 0 Å². The van der Waals surface area contributed by atoms with Gasteiger partial charge >= 0.3 is 0 Å². The highest BCUT2D eigenvalue weighted by atomic mass is 16.5. The smallest absolute Gasteiger partial charge is 0.129 e. The molecule has 4 heteroatoms. The van der Waals surface area contributed by atoms with Crippen molar-refractivity contribution < 1.29 is 9.47 Å². The van der Waals surface area contributed by atoms with Gasteiger partial charge in [-0.15, -0.1) is 0 Å². The van der Waals surface area contributed by atoms with Crippen LogP contribution in [-0.4, -0.2) is 31.9 Å². The van der Waals surface area contributed by atoms with Gasteiger partial charge in [-0.1, -0.05) is 0 Å². The standard InChI is InChI=1S/C10H16N2O2/c1-3-11-10-8-9(4-5-12-10)14-7-6-13-2/h4-5,8H,3,6-7H2,1-2H3,(H,11,12). The third-order valence-electron chi connectivity index (χ3n) is 1.65. The predicted octanol–water partition coefficient (Wildman–Crippen LogP) is 1.54. The van der Waals surface area contributed by atoms with Gasteiger partial charge in [0.25, 0.3) is 0 Å². The highest BCUT2D eigenvalue weighted by Crippen LogP contribution is 2.13. The largest absolute Gasteiger partial charge is 0.491 e. The van der Waals surface area contributed by atoms with Crippen LogP contribution in [0.2, 0.25) is 0 Å². The molecule has 0 radical (unpaired) electrons. The summed E-state index contributed by atoms with van der Waals surface area (Å²) in [5.74, 6) is 1.65. The fourth-order valence-corrected chi connectivity index (χ4v) is 1.02. The van der Waals surface area contributed by atoms with E-state index in [0.29, 0.717) is 13.2 Å². The number of rotatable bonds is 6. The van der Waals surface area contributed by atoms with Gasteiger partial charge in [0.2, 0.25) is 0 Å². The first-order valence-electron chi connectivity index (χ1n) is 4.68. The molecule has 1 aromatic rings. The molecule has 1 rings (SSSR count). The molecule has 0 aromatic carbocycles. The molecule has 14 heavy (non-hydrogen) atoms. The Hall–Kier alpha value is -1.29. The van der Waals surface area contributed by atoms with Crippen LogP contribution < -0.4 is 10.1 Å². The van der Waals surface area contributed by atoms with E-state index in [9.17, 15) is 0 Å². The number of ether oxygens (including phenoxy) is 2. The lowest BCUT2D eigenvalue weighted by atomic mass is 10.4. The molecular weight excluding hydrogens is 180 g/mol. The SMILES string of the molecule is CCNc1cc(OCCOC)ccn1. The molecule has 0 aliphatic rings. The molecule has 0 aliphatic carbocycles. The van der Waals surface area contributed by atoms with Crippen LogP contribution in [0.5, 0.6) is 5.75 Å². The summed E-state index contributed by atoms with van der Waals surface area (Å²) in [6.07, 6.45) is 1.72. The number of aromatic nitrogens is 1. The Morgan fingerprint density at radius 3 is 3.00 bits per heavy atom. The summed E-state index contributed by atoms with van der Waals surface area (Å²) in [5, 5.41) is 3.12. The monoisotopic (exact) mass is 196 g/mol. The van der Waals surface area contributed by atoms with Crippen LogP contribution >= 0.6 is 0 Å². The van der Waals surface area contributed by atoms with Gasteiger partial charge in [-0.3, -0.25) is 0 Å². The summed E-state index contributed by atoms with van der Waals surface area (Å²) in [4.78, 5) is 4.14. The first kappa shape index (κ1) is 10.8. The summed E-state index contributed by atoms with van der Waals surface area (Å²) in [7, 11) is 1.65. The second-order valence-corrected chi connectivity index (χ2v) is 2.75. The first-order valence-corrected chi connectivity index (χ1v) is 4.68. The van der Waals surface area contributed by atoms with Crippen LogP contribution in [0.25, 0.3) is 0 Å². The highest BCUT2D eigenvalue weighted by molar-refractivity contribution is 5.40. The molecule has 78 valence electrons. The predicted molar refractivity (Wildman–Crippen MR) is 55.8 cm³/mol. The van der Waals surface area contributed by atoms with E-state index in [1.165, 1.54) is 0 Å². The zero-order valence-corrected chi connectivity index (χ0v) is 8.62. The molecule has 4 nitrogen and oxygen atoms in total. The number of nitrogens with one attached hydrogen (secondary N) is 1. The Morgan fingerprint density at radius 1 is 1.43 bits per heavy atom. The number of methoxy groups -OCH3 is 1. The second-order valence-electron chi connectivity index (χ2n) is 2.75. The highest BCUT2D eigenvalue weighted by Gasteiger charge is 1.96. The third kappa shape index (κ3) is 3.62. The molecule has 0 atom stereocenters. The Kier molecular flexibility index (Phi) is 4.78.